The highest BCUT2D eigenvalue weighted by atomic mass is 19.1. The van der Waals surface area contributed by atoms with Crippen LogP contribution >= 0.6 is 0 Å². The first-order valence-corrected chi connectivity index (χ1v) is 8.40. The first kappa shape index (κ1) is 17.1. The molecule has 1 N–H and O–H groups in total. The van der Waals surface area contributed by atoms with Gasteiger partial charge in [-0.15, -0.1) is 0 Å². The summed E-state index contributed by atoms with van der Waals surface area (Å²) in [6.45, 7) is 1.59. The van der Waals surface area contributed by atoms with Crippen molar-refractivity contribution in [3.63, 3.8) is 0 Å². The SMILES string of the molecule is Cn1c(-c2ccc(F)cc2)cnc1NC(=O)CCC(=O)N1CCCC1. The molecule has 2 heterocycles. The molecule has 1 aromatic heterocycles. The lowest BCUT2D eigenvalue weighted by Crippen LogP contribution is -2.28. The summed E-state index contributed by atoms with van der Waals surface area (Å²) in [5.41, 5.74) is 1.57. The van der Waals surface area contributed by atoms with Crippen LogP contribution in [0.2, 0.25) is 0 Å². The topological polar surface area (TPSA) is 67.2 Å². The Morgan fingerprint density at radius 3 is 2.52 bits per heavy atom. The van der Waals surface area contributed by atoms with E-state index >= 15 is 0 Å². The van der Waals surface area contributed by atoms with E-state index in [-0.39, 0.29) is 30.5 Å². The Hall–Kier alpha value is -2.70. The van der Waals surface area contributed by atoms with E-state index in [1.165, 1.54) is 12.1 Å². The first-order valence-electron chi connectivity index (χ1n) is 8.40. The van der Waals surface area contributed by atoms with Crippen molar-refractivity contribution in [3.05, 3.63) is 36.3 Å². The molecule has 0 spiro atoms. The number of amides is 2. The molecule has 2 amide bonds. The van der Waals surface area contributed by atoms with Crippen molar-refractivity contribution < 1.29 is 14.0 Å². The summed E-state index contributed by atoms with van der Waals surface area (Å²) in [4.78, 5) is 30.1. The van der Waals surface area contributed by atoms with Gasteiger partial charge in [0.2, 0.25) is 17.8 Å². The smallest absolute Gasteiger partial charge is 0.227 e. The number of nitrogens with one attached hydrogen (secondary N) is 1. The predicted molar refractivity (Wildman–Crippen MR) is 92.3 cm³/mol. The number of benzene rings is 1. The van der Waals surface area contributed by atoms with E-state index in [0.717, 1.165) is 37.2 Å². The molecule has 0 bridgehead atoms. The fraction of sp³-hybridized carbons (Fsp3) is 0.389. The van der Waals surface area contributed by atoms with Gasteiger partial charge in [0.15, 0.2) is 0 Å². The molecule has 0 saturated carbocycles. The molecule has 1 saturated heterocycles. The van der Waals surface area contributed by atoms with Gasteiger partial charge < -0.3 is 9.47 Å². The minimum Gasteiger partial charge on any atom is -0.343 e. The zero-order chi connectivity index (χ0) is 17.8. The zero-order valence-corrected chi connectivity index (χ0v) is 14.2. The molecule has 0 unspecified atom stereocenters. The monoisotopic (exact) mass is 344 g/mol. The Morgan fingerprint density at radius 2 is 1.84 bits per heavy atom. The van der Waals surface area contributed by atoms with E-state index in [4.69, 9.17) is 0 Å². The van der Waals surface area contributed by atoms with Gasteiger partial charge in [0.05, 0.1) is 11.9 Å². The molecular weight excluding hydrogens is 323 g/mol. The number of imidazole rings is 1. The quantitative estimate of drug-likeness (QED) is 0.906. The lowest BCUT2D eigenvalue weighted by molar-refractivity contribution is -0.131. The number of likely N-dealkylation sites (tertiary alicyclic amines) is 1. The Morgan fingerprint density at radius 1 is 1.16 bits per heavy atom. The second-order valence-corrected chi connectivity index (χ2v) is 6.17. The predicted octanol–water partition coefficient (Wildman–Crippen LogP) is 2.57. The van der Waals surface area contributed by atoms with E-state index in [9.17, 15) is 14.0 Å². The van der Waals surface area contributed by atoms with E-state index < -0.39 is 0 Å². The molecule has 1 aliphatic rings. The van der Waals surface area contributed by atoms with Gasteiger partial charge in [-0.25, -0.2) is 9.37 Å². The van der Waals surface area contributed by atoms with Crippen molar-refractivity contribution in [3.8, 4) is 11.3 Å². The molecule has 7 heteroatoms. The van der Waals surface area contributed by atoms with Gasteiger partial charge in [-0.1, -0.05) is 0 Å². The molecule has 0 radical (unpaired) electrons. The van der Waals surface area contributed by atoms with Gasteiger partial charge in [0.25, 0.3) is 0 Å². The van der Waals surface area contributed by atoms with E-state index in [0.29, 0.717) is 5.95 Å². The van der Waals surface area contributed by atoms with Crippen molar-refractivity contribution >= 4 is 17.8 Å². The maximum Gasteiger partial charge on any atom is 0.227 e. The number of halogens is 1. The van der Waals surface area contributed by atoms with Crippen LogP contribution in [-0.2, 0) is 16.6 Å². The lowest BCUT2D eigenvalue weighted by Gasteiger charge is -2.14. The summed E-state index contributed by atoms with van der Waals surface area (Å²) < 4.78 is 14.8. The zero-order valence-electron chi connectivity index (χ0n) is 14.2. The third kappa shape index (κ3) is 4.04. The molecule has 1 fully saturated rings. The number of nitrogens with zero attached hydrogens (tertiary/aromatic N) is 3. The van der Waals surface area contributed by atoms with Crippen LogP contribution in [0.3, 0.4) is 0 Å². The third-order valence-corrected chi connectivity index (χ3v) is 4.40. The van der Waals surface area contributed by atoms with Crippen molar-refractivity contribution in [1.82, 2.24) is 14.5 Å². The average Bonchev–Trinajstić information content (AvgIpc) is 3.25. The standard InChI is InChI=1S/C18H21FN4O2/c1-22-15(13-4-6-14(19)7-5-13)12-20-18(22)21-16(24)8-9-17(25)23-10-2-3-11-23/h4-7,12H,2-3,8-11H2,1H3,(H,20,21,24). The van der Waals surface area contributed by atoms with Gasteiger partial charge in [0, 0.05) is 38.5 Å². The van der Waals surface area contributed by atoms with Crippen LogP contribution in [0.1, 0.15) is 25.7 Å². The minimum atomic E-state index is -0.304. The van der Waals surface area contributed by atoms with Crippen LogP contribution in [0.15, 0.2) is 30.5 Å². The molecule has 0 atom stereocenters. The van der Waals surface area contributed by atoms with E-state index in [2.05, 4.69) is 10.3 Å². The highest BCUT2D eigenvalue weighted by Gasteiger charge is 2.19. The van der Waals surface area contributed by atoms with Gasteiger partial charge >= 0.3 is 0 Å². The lowest BCUT2D eigenvalue weighted by atomic mass is 10.2. The number of hydrogen-bond acceptors (Lipinski definition) is 3. The van der Waals surface area contributed by atoms with Gasteiger partial charge in [-0.05, 0) is 37.1 Å². The summed E-state index contributed by atoms with van der Waals surface area (Å²) in [5.74, 6) is -0.119. The minimum absolute atomic E-state index is 0.0273. The average molecular weight is 344 g/mol. The summed E-state index contributed by atoms with van der Waals surface area (Å²) in [6.07, 6.45) is 4.04. The normalized spacial score (nSPS) is 13.9. The number of carbonyl (C=O) groups is 2. The first-order chi connectivity index (χ1) is 12.0. The maximum atomic E-state index is 13.0. The fourth-order valence-corrected chi connectivity index (χ4v) is 2.95. The molecule has 3 rings (SSSR count). The van der Waals surface area contributed by atoms with Crippen molar-refractivity contribution in [1.29, 1.82) is 0 Å². The highest BCUT2D eigenvalue weighted by molar-refractivity contribution is 5.92. The molecule has 0 aliphatic carbocycles. The van der Waals surface area contributed by atoms with E-state index in [1.54, 1.807) is 34.8 Å². The van der Waals surface area contributed by atoms with Gasteiger partial charge in [0.1, 0.15) is 5.82 Å². The Labute approximate surface area is 145 Å². The Balaban J connectivity index is 1.58. The van der Waals surface area contributed by atoms with Crippen LogP contribution in [0, 0.1) is 5.82 Å². The number of aromatic nitrogens is 2. The van der Waals surface area contributed by atoms with Crippen molar-refractivity contribution in [2.24, 2.45) is 7.05 Å². The maximum absolute atomic E-state index is 13.0. The third-order valence-electron chi connectivity index (χ3n) is 4.40. The second-order valence-electron chi connectivity index (χ2n) is 6.17. The number of hydrogen-bond donors (Lipinski definition) is 1. The Kier molecular flexibility index (Phi) is 5.11. The van der Waals surface area contributed by atoms with Crippen LogP contribution in [0.4, 0.5) is 10.3 Å². The molecule has 6 nitrogen and oxygen atoms in total. The van der Waals surface area contributed by atoms with Crippen molar-refractivity contribution in [2.75, 3.05) is 18.4 Å². The van der Waals surface area contributed by atoms with Crippen LogP contribution in [0.5, 0.6) is 0 Å². The van der Waals surface area contributed by atoms with Crippen LogP contribution in [0.25, 0.3) is 11.3 Å². The summed E-state index contributed by atoms with van der Waals surface area (Å²) in [7, 11) is 1.77. The molecule has 1 aliphatic heterocycles. The van der Waals surface area contributed by atoms with Crippen LogP contribution in [-0.4, -0.2) is 39.4 Å². The van der Waals surface area contributed by atoms with Gasteiger partial charge in [-0.3, -0.25) is 14.9 Å². The summed E-state index contributed by atoms with van der Waals surface area (Å²) >= 11 is 0. The molecular formula is C18H21FN4O2. The Bertz CT molecular complexity index is 764. The molecule has 132 valence electrons. The van der Waals surface area contributed by atoms with Crippen LogP contribution < -0.4 is 5.32 Å². The summed E-state index contributed by atoms with van der Waals surface area (Å²) in [5, 5.41) is 2.73. The highest BCUT2D eigenvalue weighted by Crippen LogP contribution is 2.22. The van der Waals surface area contributed by atoms with Gasteiger partial charge in [-0.2, -0.15) is 0 Å². The number of rotatable bonds is 5. The van der Waals surface area contributed by atoms with E-state index in [1.807, 2.05) is 0 Å². The molecule has 1 aromatic carbocycles. The number of anilines is 1. The molecule has 25 heavy (non-hydrogen) atoms. The summed E-state index contributed by atoms with van der Waals surface area (Å²) in [6, 6.07) is 6.08. The molecule has 2 aromatic rings. The largest absolute Gasteiger partial charge is 0.343 e. The fourth-order valence-electron chi connectivity index (χ4n) is 2.95. The second kappa shape index (κ2) is 7.46. The van der Waals surface area contributed by atoms with Crippen molar-refractivity contribution in [2.45, 2.75) is 25.7 Å². The number of carbonyl (C=O) groups excluding carboxylic acids is 2.